The fraction of sp³-hybridized carbons (Fsp3) is 0.300. The summed E-state index contributed by atoms with van der Waals surface area (Å²) in [7, 11) is -3.34. The molecular formula is C10H12ClN3O2S. The predicted molar refractivity (Wildman–Crippen MR) is 68.8 cm³/mol. The zero-order valence-corrected chi connectivity index (χ0v) is 10.6. The van der Waals surface area contributed by atoms with E-state index in [0.29, 0.717) is 18.0 Å². The van der Waals surface area contributed by atoms with E-state index in [9.17, 15) is 8.42 Å². The smallest absolute Gasteiger partial charge is 0.232 e. The van der Waals surface area contributed by atoms with Gasteiger partial charge in [-0.05, 0) is 18.6 Å². The number of nitrogens with zero attached hydrogens (tertiary/aromatic N) is 1. The van der Waals surface area contributed by atoms with Crippen molar-refractivity contribution in [1.29, 1.82) is 0 Å². The Kier molecular flexibility index (Phi) is 3.54. The van der Waals surface area contributed by atoms with Crippen molar-refractivity contribution in [3.05, 3.63) is 24.4 Å². The van der Waals surface area contributed by atoms with E-state index in [-0.39, 0.29) is 5.75 Å². The molecule has 92 valence electrons. The van der Waals surface area contributed by atoms with Crippen LogP contribution in [0.5, 0.6) is 0 Å². The van der Waals surface area contributed by atoms with E-state index in [1.807, 2.05) is 6.07 Å². The van der Waals surface area contributed by atoms with Gasteiger partial charge in [-0.25, -0.2) is 8.42 Å². The van der Waals surface area contributed by atoms with Crippen molar-refractivity contribution in [2.45, 2.75) is 6.42 Å². The molecule has 2 aromatic rings. The predicted octanol–water partition coefficient (Wildman–Crippen LogP) is 1.93. The molecule has 0 saturated carbocycles. The van der Waals surface area contributed by atoms with Gasteiger partial charge in [0.1, 0.15) is 0 Å². The fourth-order valence-electron chi connectivity index (χ4n) is 1.52. The van der Waals surface area contributed by atoms with Crippen LogP contribution in [0, 0.1) is 0 Å². The number of aromatic amines is 1. The number of hydrogen-bond donors (Lipinski definition) is 2. The summed E-state index contributed by atoms with van der Waals surface area (Å²) in [6, 6.07) is 5.30. The topological polar surface area (TPSA) is 74.8 Å². The number of anilines is 1. The van der Waals surface area contributed by atoms with Gasteiger partial charge in [0.25, 0.3) is 0 Å². The molecule has 0 aliphatic heterocycles. The summed E-state index contributed by atoms with van der Waals surface area (Å²) in [6.45, 7) is 0. The maximum atomic E-state index is 11.7. The standard InChI is InChI=1S/C10H12ClN3O2S/c11-5-2-6-17(15,16)14-10-4-1-3-9-8(10)7-12-13-9/h1,3-4,7,14H,2,5-6H2,(H,12,13). The maximum absolute atomic E-state index is 11.7. The van der Waals surface area contributed by atoms with E-state index in [0.717, 1.165) is 10.9 Å². The lowest BCUT2D eigenvalue weighted by atomic mass is 10.2. The Bertz CT molecular complexity index is 609. The number of sulfonamides is 1. The number of alkyl halides is 1. The van der Waals surface area contributed by atoms with Crippen LogP contribution in [0.25, 0.3) is 10.9 Å². The molecule has 7 heteroatoms. The molecule has 0 bridgehead atoms. The van der Waals surface area contributed by atoms with E-state index in [1.165, 1.54) is 0 Å². The first kappa shape index (κ1) is 12.2. The number of halogens is 1. The minimum absolute atomic E-state index is 0.0186. The number of H-pyrrole nitrogens is 1. The van der Waals surface area contributed by atoms with Crippen molar-refractivity contribution in [2.75, 3.05) is 16.4 Å². The second-order valence-electron chi connectivity index (χ2n) is 3.60. The van der Waals surface area contributed by atoms with Crippen molar-refractivity contribution in [2.24, 2.45) is 0 Å². The zero-order chi connectivity index (χ0) is 12.3. The van der Waals surface area contributed by atoms with Gasteiger partial charge in [0, 0.05) is 11.3 Å². The van der Waals surface area contributed by atoms with Gasteiger partial charge in [-0.2, -0.15) is 5.10 Å². The number of hydrogen-bond acceptors (Lipinski definition) is 3. The van der Waals surface area contributed by atoms with E-state index in [1.54, 1.807) is 18.3 Å². The highest BCUT2D eigenvalue weighted by atomic mass is 35.5. The highest BCUT2D eigenvalue weighted by Gasteiger charge is 2.12. The molecule has 2 N–H and O–H groups in total. The zero-order valence-electron chi connectivity index (χ0n) is 8.98. The summed E-state index contributed by atoms with van der Waals surface area (Å²) in [5.41, 5.74) is 1.33. The Balaban J connectivity index is 2.26. The molecule has 1 aromatic carbocycles. The molecule has 0 fully saturated rings. The molecule has 0 saturated heterocycles. The van der Waals surface area contributed by atoms with Crippen molar-refractivity contribution in [1.82, 2.24) is 10.2 Å². The highest BCUT2D eigenvalue weighted by Crippen LogP contribution is 2.22. The van der Waals surface area contributed by atoms with Crippen molar-refractivity contribution >= 4 is 38.2 Å². The second kappa shape index (κ2) is 4.93. The molecule has 0 aliphatic rings. The summed E-state index contributed by atoms with van der Waals surface area (Å²) >= 11 is 5.48. The highest BCUT2D eigenvalue weighted by molar-refractivity contribution is 7.92. The van der Waals surface area contributed by atoms with Crippen molar-refractivity contribution in [3.63, 3.8) is 0 Å². The number of rotatable bonds is 5. The fourth-order valence-corrected chi connectivity index (χ4v) is 2.95. The molecule has 2 rings (SSSR count). The van der Waals surface area contributed by atoms with Crippen LogP contribution in [0.1, 0.15) is 6.42 Å². The van der Waals surface area contributed by atoms with Crippen molar-refractivity contribution < 1.29 is 8.42 Å². The minimum Gasteiger partial charge on any atom is -0.283 e. The van der Waals surface area contributed by atoms with Gasteiger partial charge in [0.15, 0.2) is 0 Å². The number of nitrogens with one attached hydrogen (secondary N) is 2. The minimum atomic E-state index is -3.34. The molecule has 5 nitrogen and oxygen atoms in total. The summed E-state index contributed by atoms with van der Waals surface area (Å²) in [4.78, 5) is 0. The van der Waals surface area contributed by atoms with Crippen LogP contribution >= 0.6 is 11.6 Å². The normalized spacial score (nSPS) is 11.8. The lowest BCUT2D eigenvalue weighted by Crippen LogP contribution is -2.17. The monoisotopic (exact) mass is 273 g/mol. The van der Waals surface area contributed by atoms with E-state index >= 15 is 0 Å². The Morgan fingerprint density at radius 1 is 1.41 bits per heavy atom. The Labute approximate surface area is 104 Å². The second-order valence-corrected chi connectivity index (χ2v) is 5.82. The van der Waals surface area contributed by atoms with Crippen LogP contribution in [-0.2, 0) is 10.0 Å². The van der Waals surface area contributed by atoms with Gasteiger partial charge < -0.3 is 0 Å². The number of aromatic nitrogens is 2. The first-order chi connectivity index (χ1) is 8.12. The van der Waals surface area contributed by atoms with Crippen LogP contribution < -0.4 is 4.72 Å². The SMILES string of the molecule is O=S(=O)(CCCCl)Nc1cccc2[nH]ncc12. The summed E-state index contributed by atoms with van der Waals surface area (Å²) in [6.07, 6.45) is 2.02. The van der Waals surface area contributed by atoms with Crippen LogP contribution in [0.3, 0.4) is 0 Å². The van der Waals surface area contributed by atoms with Crippen LogP contribution in [0.2, 0.25) is 0 Å². The first-order valence-electron chi connectivity index (χ1n) is 5.11. The van der Waals surface area contributed by atoms with E-state index in [2.05, 4.69) is 14.9 Å². The lowest BCUT2D eigenvalue weighted by Gasteiger charge is -2.07. The average Bonchev–Trinajstić information content (AvgIpc) is 2.75. The third kappa shape index (κ3) is 2.89. The van der Waals surface area contributed by atoms with Gasteiger partial charge in [-0.1, -0.05) is 6.07 Å². The third-order valence-electron chi connectivity index (χ3n) is 2.30. The quantitative estimate of drug-likeness (QED) is 0.818. The molecule has 1 aromatic heterocycles. The van der Waals surface area contributed by atoms with Crippen LogP contribution in [-0.4, -0.2) is 30.2 Å². The van der Waals surface area contributed by atoms with E-state index < -0.39 is 10.0 Å². The molecule has 17 heavy (non-hydrogen) atoms. The van der Waals surface area contributed by atoms with Gasteiger partial charge in [0.05, 0.1) is 23.2 Å². The van der Waals surface area contributed by atoms with Gasteiger partial charge in [0.2, 0.25) is 10.0 Å². The van der Waals surface area contributed by atoms with Gasteiger partial charge >= 0.3 is 0 Å². The molecule has 0 amide bonds. The largest absolute Gasteiger partial charge is 0.283 e. The maximum Gasteiger partial charge on any atom is 0.232 e. The summed E-state index contributed by atoms with van der Waals surface area (Å²) < 4.78 is 26.0. The Hall–Kier alpha value is -1.27. The number of benzene rings is 1. The van der Waals surface area contributed by atoms with Gasteiger partial charge in [-0.15, -0.1) is 11.6 Å². The Morgan fingerprint density at radius 2 is 2.24 bits per heavy atom. The molecule has 0 spiro atoms. The van der Waals surface area contributed by atoms with Crippen LogP contribution in [0.15, 0.2) is 24.4 Å². The van der Waals surface area contributed by atoms with E-state index in [4.69, 9.17) is 11.6 Å². The summed E-state index contributed by atoms with van der Waals surface area (Å²) in [5, 5.41) is 7.41. The molecule has 1 heterocycles. The molecule has 0 unspecified atom stereocenters. The lowest BCUT2D eigenvalue weighted by molar-refractivity contribution is 0.600. The summed E-state index contributed by atoms with van der Waals surface area (Å²) in [5.74, 6) is 0.349. The van der Waals surface area contributed by atoms with Gasteiger partial charge in [-0.3, -0.25) is 9.82 Å². The third-order valence-corrected chi connectivity index (χ3v) is 3.92. The van der Waals surface area contributed by atoms with Crippen molar-refractivity contribution in [3.8, 4) is 0 Å². The first-order valence-corrected chi connectivity index (χ1v) is 7.29. The van der Waals surface area contributed by atoms with Crippen LogP contribution in [0.4, 0.5) is 5.69 Å². The molecule has 0 aliphatic carbocycles. The number of fused-ring (bicyclic) bond motifs is 1. The average molecular weight is 274 g/mol. The molecular weight excluding hydrogens is 262 g/mol. The molecule has 0 atom stereocenters. The molecule has 0 radical (unpaired) electrons. The Morgan fingerprint density at radius 3 is 3.00 bits per heavy atom.